The maximum Gasteiger partial charge on any atom is 0.223 e. The summed E-state index contributed by atoms with van der Waals surface area (Å²) in [5.74, 6) is 1.14. The maximum atomic E-state index is 12.3. The maximum absolute atomic E-state index is 12.3. The van der Waals surface area contributed by atoms with Gasteiger partial charge in [0.05, 0.1) is 5.54 Å². The van der Waals surface area contributed by atoms with Gasteiger partial charge in [0.25, 0.3) is 0 Å². The van der Waals surface area contributed by atoms with Crippen molar-refractivity contribution in [3.63, 3.8) is 0 Å². The molecule has 18 heavy (non-hydrogen) atoms. The Hall–Kier alpha value is -0.570. The largest absolute Gasteiger partial charge is 0.336 e. The third-order valence-electron chi connectivity index (χ3n) is 4.98. The molecular weight excluding hydrogens is 224 g/mol. The summed E-state index contributed by atoms with van der Waals surface area (Å²) in [6.45, 7) is 3.65. The molecule has 1 atom stereocenters. The number of nitrogens with two attached hydrogens (primary N) is 1. The highest BCUT2D eigenvalue weighted by Gasteiger charge is 2.38. The molecule has 1 saturated carbocycles. The lowest BCUT2D eigenvalue weighted by Crippen LogP contribution is -2.50. The second kappa shape index (κ2) is 6.05. The third-order valence-corrected chi connectivity index (χ3v) is 4.98. The van der Waals surface area contributed by atoms with Gasteiger partial charge < -0.3 is 10.6 Å². The first-order valence-corrected chi connectivity index (χ1v) is 7.66. The van der Waals surface area contributed by atoms with Gasteiger partial charge in [0.15, 0.2) is 0 Å². The molecule has 0 radical (unpaired) electrons. The number of likely N-dealkylation sites (tertiary alicyclic amines) is 1. The number of amides is 1. The van der Waals surface area contributed by atoms with Crippen molar-refractivity contribution in [1.82, 2.24) is 4.90 Å². The van der Waals surface area contributed by atoms with Gasteiger partial charge in [-0.25, -0.2) is 0 Å². The van der Waals surface area contributed by atoms with Gasteiger partial charge >= 0.3 is 0 Å². The van der Waals surface area contributed by atoms with Crippen LogP contribution in [0, 0.1) is 5.92 Å². The monoisotopic (exact) mass is 252 g/mol. The van der Waals surface area contributed by atoms with Crippen molar-refractivity contribution in [1.29, 1.82) is 0 Å². The lowest BCUT2D eigenvalue weighted by molar-refractivity contribution is -0.134. The van der Waals surface area contributed by atoms with Gasteiger partial charge in [-0.2, -0.15) is 0 Å². The molecule has 2 aliphatic rings. The molecule has 1 amide bonds. The Bertz CT molecular complexity index is 286. The number of carbonyl (C=O) groups is 1. The van der Waals surface area contributed by atoms with Crippen LogP contribution >= 0.6 is 0 Å². The summed E-state index contributed by atoms with van der Waals surface area (Å²) in [4.78, 5) is 14.4. The van der Waals surface area contributed by atoms with Gasteiger partial charge in [-0.15, -0.1) is 0 Å². The van der Waals surface area contributed by atoms with E-state index in [0.717, 1.165) is 38.1 Å². The first-order chi connectivity index (χ1) is 8.65. The fourth-order valence-electron chi connectivity index (χ4n) is 3.60. The van der Waals surface area contributed by atoms with Gasteiger partial charge in [0.1, 0.15) is 0 Å². The second-order valence-electron chi connectivity index (χ2n) is 6.39. The van der Waals surface area contributed by atoms with Crippen LogP contribution in [0.5, 0.6) is 0 Å². The Kier molecular flexibility index (Phi) is 4.66. The number of rotatable bonds is 4. The van der Waals surface area contributed by atoms with Crippen LogP contribution in [0.4, 0.5) is 0 Å². The lowest BCUT2D eigenvalue weighted by Gasteiger charge is -2.34. The average Bonchev–Trinajstić information content (AvgIpc) is 2.80. The predicted molar refractivity (Wildman–Crippen MR) is 74.2 cm³/mol. The van der Waals surface area contributed by atoms with E-state index in [-0.39, 0.29) is 5.54 Å². The highest BCUT2D eigenvalue weighted by Crippen LogP contribution is 2.31. The summed E-state index contributed by atoms with van der Waals surface area (Å²) in [6.07, 6.45) is 10.8. The molecule has 0 spiro atoms. The Labute approximate surface area is 111 Å². The Morgan fingerprint density at radius 1 is 1.28 bits per heavy atom. The highest BCUT2D eigenvalue weighted by atomic mass is 16.2. The molecule has 0 aromatic rings. The molecule has 3 heteroatoms. The van der Waals surface area contributed by atoms with E-state index in [2.05, 4.69) is 11.8 Å². The summed E-state index contributed by atoms with van der Waals surface area (Å²) in [6, 6.07) is 0. The van der Waals surface area contributed by atoms with Crippen molar-refractivity contribution in [2.45, 2.75) is 70.3 Å². The molecule has 2 fully saturated rings. The molecule has 3 nitrogen and oxygen atoms in total. The van der Waals surface area contributed by atoms with Crippen LogP contribution in [0.1, 0.15) is 64.7 Å². The molecule has 0 bridgehead atoms. The Morgan fingerprint density at radius 3 is 2.67 bits per heavy atom. The van der Waals surface area contributed by atoms with Crippen LogP contribution < -0.4 is 5.73 Å². The van der Waals surface area contributed by atoms with Crippen LogP contribution in [-0.4, -0.2) is 29.4 Å². The van der Waals surface area contributed by atoms with E-state index in [4.69, 9.17) is 5.73 Å². The van der Waals surface area contributed by atoms with E-state index in [0.29, 0.717) is 12.5 Å². The van der Waals surface area contributed by atoms with Gasteiger partial charge in [0.2, 0.25) is 5.91 Å². The average molecular weight is 252 g/mol. The normalized spacial score (nSPS) is 29.8. The smallest absolute Gasteiger partial charge is 0.223 e. The summed E-state index contributed by atoms with van der Waals surface area (Å²) < 4.78 is 0. The Balaban J connectivity index is 1.80. The van der Waals surface area contributed by atoms with Crippen LogP contribution in [0.2, 0.25) is 0 Å². The van der Waals surface area contributed by atoms with Crippen LogP contribution in [0.15, 0.2) is 0 Å². The fraction of sp³-hybridized carbons (Fsp3) is 0.933. The van der Waals surface area contributed by atoms with Gasteiger partial charge in [-0.1, -0.05) is 32.1 Å². The lowest BCUT2D eigenvalue weighted by atomic mass is 9.86. The minimum atomic E-state index is -0.0658. The van der Waals surface area contributed by atoms with Crippen LogP contribution in [0.25, 0.3) is 0 Å². The number of hydrogen-bond acceptors (Lipinski definition) is 2. The first kappa shape index (κ1) is 13.9. The SMILES string of the molecule is CC1(CN)CCCN1C(=O)CCC1CCCCC1. The molecule has 1 heterocycles. The van der Waals surface area contributed by atoms with Gasteiger partial charge in [0, 0.05) is 19.5 Å². The summed E-state index contributed by atoms with van der Waals surface area (Å²) in [7, 11) is 0. The van der Waals surface area contributed by atoms with E-state index in [1.54, 1.807) is 0 Å². The molecule has 0 aromatic carbocycles. The molecule has 2 N–H and O–H groups in total. The highest BCUT2D eigenvalue weighted by molar-refractivity contribution is 5.77. The van der Waals surface area contributed by atoms with E-state index in [1.165, 1.54) is 32.1 Å². The number of nitrogens with zero attached hydrogens (tertiary/aromatic N) is 1. The zero-order chi connectivity index (χ0) is 13.0. The van der Waals surface area contributed by atoms with Gasteiger partial charge in [-0.05, 0) is 32.1 Å². The number of carbonyl (C=O) groups excluding carboxylic acids is 1. The molecule has 0 aromatic heterocycles. The quantitative estimate of drug-likeness (QED) is 0.836. The molecule has 2 rings (SSSR count). The molecule has 104 valence electrons. The minimum Gasteiger partial charge on any atom is -0.336 e. The first-order valence-electron chi connectivity index (χ1n) is 7.66. The molecule has 1 aliphatic carbocycles. The zero-order valence-corrected chi connectivity index (χ0v) is 11.8. The molecule has 1 unspecified atom stereocenters. The topological polar surface area (TPSA) is 46.3 Å². The molecular formula is C15H28N2O. The second-order valence-corrected chi connectivity index (χ2v) is 6.39. The van der Waals surface area contributed by atoms with Crippen molar-refractivity contribution in [2.24, 2.45) is 11.7 Å². The van der Waals surface area contributed by atoms with Crippen molar-refractivity contribution in [3.8, 4) is 0 Å². The van der Waals surface area contributed by atoms with Crippen LogP contribution in [0.3, 0.4) is 0 Å². The zero-order valence-electron chi connectivity index (χ0n) is 11.8. The molecule has 1 aliphatic heterocycles. The molecule has 1 saturated heterocycles. The summed E-state index contributed by atoms with van der Waals surface area (Å²) in [5, 5.41) is 0. The van der Waals surface area contributed by atoms with E-state index >= 15 is 0 Å². The van der Waals surface area contributed by atoms with Crippen molar-refractivity contribution in [2.75, 3.05) is 13.1 Å². The van der Waals surface area contributed by atoms with Crippen molar-refractivity contribution in [3.05, 3.63) is 0 Å². The van der Waals surface area contributed by atoms with E-state index < -0.39 is 0 Å². The third kappa shape index (κ3) is 3.05. The van der Waals surface area contributed by atoms with Crippen LogP contribution in [-0.2, 0) is 4.79 Å². The standard InChI is InChI=1S/C15H28N2O/c1-15(12-16)10-5-11-17(15)14(18)9-8-13-6-3-2-4-7-13/h13H,2-12,16H2,1H3. The van der Waals surface area contributed by atoms with Crippen molar-refractivity contribution >= 4 is 5.91 Å². The van der Waals surface area contributed by atoms with E-state index in [1.807, 2.05) is 0 Å². The summed E-state index contributed by atoms with van der Waals surface area (Å²) >= 11 is 0. The minimum absolute atomic E-state index is 0.0658. The number of hydrogen-bond donors (Lipinski definition) is 1. The fourth-order valence-corrected chi connectivity index (χ4v) is 3.60. The van der Waals surface area contributed by atoms with E-state index in [9.17, 15) is 4.79 Å². The van der Waals surface area contributed by atoms with Crippen molar-refractivity contribution < 1.29 is 4.79 Å². The summed E-state index contributed by atoms with van der Waals surface area (Å²) in [5.41, 5.74) is 5.78. The predicted octanol–water partition coefficient (Wildman–Crippen LogP) is 2.69. The van der Waals surface area contributed by atoms with Gasteiger partial charge in [-0.3, -0.25) is 4.79 Å². The Morgan fingerprint density at radius 2 is 2.00 bits per heavy atom.